The van der Waals surface area contributed by atoms with Gasteiger partial charge in [-0.1, -0.05) is 18.2 Å². The number of aliphatic imine (C=N–C) groups is 1. The molecule has 0 atom stereocenters. The smallest absolute Gasteiger partial charge is 0.338 e. The van der Waals surface area contributed by atoms with Gasteiger partial charge in [0, 0.05) is 12.3 Å². The van der Waals surface area contributed by atoms with Gasteiger partial charge in [-0.05, 0) is 25.0 Å². The first-order valence-corrected chi connectivity index (χ1v) is 5.10. The molecule has 78 valence electrons. The van der Waals surface area contributed by atoms with Crippen molar-refractivity contribution in [3.63, 3.8) is 0 Å². The highest BCUT2D eigenvalue weighted by Crippen LogP contribution is 2.06. The lowest BCUT2D eigenvalue weighted by Crippen LogP contribution is -2.12. The zero-order valence-corrected chi connectivity index (χ0v) is 8.48. The zero-order chi connectivity index (χ0) is 10.5. The highest BCUT2D eigenvalue weighted by Gasteiger charge is 2.10. The molecule has 1 aromatic rings. The zero-order valence-electron chi connectivity index (χ0n) is 8.48. The predicted octanol–water partition coefficient (Wildman–Crippen LogP) is 2.08. The van der Waals surface area contributed by atoms with Crippen LogP contribution in [0.15, 0.2) is 35.3 Å². The maximum atomic E-state index is 11.5. The molecule has 0 amide bonds. The van der Waals surface area contributed by atoms with Gasteiger partial charge < -0.3 is 4.74 Å². The van der Waals surface area contributed by atoms with E-state index in [9.17, 15) is 4.79 Å². The molecule has 1 aromatic carbocycles. The molecule has 1 heterocycles. The Morgan fingerprint density at radius 3 is 2.80 bits per heavy atom. The monoisotopic (exact) mass is 203 g/mol. The maximum absolute atomic E-state index is 11.5. The van der Waals surface area contributed by atoms with Crippen LogP contribution in [0.25, 0.3) is 0 Å². The van der Waals surface area contributed by atoms with Crippen LogP contribution in [0.4, 0.5) is 0 Å². The second-order valence-corrected chi connectivity index (χ2v) is 3.49. The van der Waals surface area contributed by atoms with E-state index >= 15 is 0 Å². The van der Waals surface area contributed by atoms with Crippen molar-refractivity contribution in [2.75, 3.05) is 13.2 Å². The van der Waals surface area contributed by atoms with Crippen LogP contribution in [0.1, 0.15) is 23.2 Å². The maximum Gasteiger partial charge on any atom is 0.338 e. The van der Waals surface area contributed by atoms with E-state index in [0.29, 0.717) is 12.2 Å². The third kappa shape index (κ3) is 2.65. The summed E-state index contributed by atoms with van der Waals surface area (Å²) in [5.41, 5.74) is 1.59. The summed E-state index contributed by atoms with van der Waals surface area (Å²) in [6.45, 7) is 1.21. The molecule has 0 saturated carbocycles. The number of ether oxygens (including phenoxy) is 1. The fraction of sp³-hybridized carbons (Fsp3) is 0.333. The van der Waals surface area contributed by atoms with Crippen molar-refractivity contribution < 1.29 is 9.53 Å². The van der Waals surface area contributed by atoms with Crippen LogP contribution in [-0.2, 0) is 4.74 Å². The van der Waals surface area contributed by atoms with E-state index in [1.807, 2.05) is 18.2 Å². The molecule has 0 aliphatic carbocycles. The molecule has 0 aromatic heterocycles. The van der Waals surface area contributed by atoms with E-state index in [4.69, 9.17) is 4.74 Å². The lowest BCUT2D eigenvalue weighted by Gasteiger charge is -2.03. The van der Waals surface area contributed by atoms with Gasteiger partial charge in [-0.15, -0.1) is 0 Å². The minimum atomic E-state index is -0.273. The van der Waals surface area contributed by atoms with Gasteiger partial charge in [-0.2, -0.15) is 0 Å². The molecule has 2 rings (SSSR count). The summed E-state index contributed by atoms with van der Waals surface area (Å²) >= 11 is 0. The van der Waals surface area contributed by atoms with Crippen LogP contribution in [0.2, 0.25) is 0 Å². The quantitative estimate of drug-likeness (QED) is 0.705. The molecule has 3 heteroatoms. The topological polar surface area (TPSA) is 38.7 Å². The number of esters is 1. The summed E-state index contributed by atoms with van der Waals surface area (Å²) in [6, 6.07) is 9.02. The van der Waals surface area contributed by atoms with Gasteiger partial charge in [-0.25, -0.2) is 4.79 Å². The molecule has 0 unspecified atom stereocenters. The predicted molar refractivity (Wildman–Crippen MR) is 58.3 cm³/mol. The SMILES string of the molecule is O=C(OCC1=NCCC1)c1ccccc1. The first-order valence-electron chi connectivity index (χ1n) is 5.10. The molecule has 0 bridgehead atoms. The summed E-state index contributed by atoms with van der Waals surface area (Å²) in [7, 11) is 0. The number of hydrogen-bond acceptors (Lipinski definition) is 3. The molecular formula is C12H13NO2. The van der Waals surface area contributed by atoms with Gasteiger partial charge in [0.15, 0.2) is 0 Å². The summed E-state index contributed by atoms with van der Waals surface area (Å²) in [6.07, 6.45) is 2.04. The molecule has 1 aliphatic rings. The Hall–Kier alpha value is -1.64. The van der Waals surface area contributed by atoms with Crippen molar-refractivity contribution in [3.05, 3.63) is 35.9 Å². The van der Waals surface area contributed by atoms with Gasteiger partial charge in [0.2, 0.25) is 0 Å². The normalized spacial score (nSPS) is 14.8. The van der Waals surface area contributed by atoms with Gasteiger partial charge >= 0.3 is 5.97 Å². The number of carbonyl (C=O) groups is 1. The highest BCUT2D eigenvalue weighted by molar-refractivity contribution is 5.93. The molecular weight excluding hydrogens is 190 g/mol. The van der Waals surface area contributed by atoms with E-state index < -0.39 is 0 Å². The van der Waals surface area contributed by atoms with Crippen molar-refractivity contribution in [1.29, 1.82) is 0 Å². The molecule has 0 spiro atoms. The first kappa shape index (κ1) is 9.90. The van der Waals surface area contributed by atoms with Crippen molar-refractivity contribution in [2.45, 2.75) is 12.8 Å². The third-order valence-electron chi connectivity index (χ3n) is 2.34. The number of benzene rings is 1. The third-order valence-corrected chi connectivity index (χ3v) is 2.34. The van der Waals surface area contributed by atoms with Crippen molar-refractivity contribution in [3.8, 4) is 0 Å². The summed E-state index contributed by atoms with van der Waals surface area (Å²) in [5, 5.41) is 0. The number of hydrogen-bond donors (Lipinski definition) is 0. The molecule has 0 N–H and O–H groups in total. The van der Waals surface area contributed by atoms with Crippen LogP contribution in [0.5, 0.6) is 0 Å². The second kappa shape index (κ2) is 4.73. The largest absolute Gasteiger partial charge is 0.456 e. The minimum absolute atomic E-state index is 0.273. The van der Waals surface area contributed by atoms with Crippen molar-refractivity contribution in [2.24, 2.45) is 4.99 Å². The molecule has 3 nitrogen and oxygen atoms in total. The Morgan fingerprint density at radius 1 is 1.33 bits per heavy atom. The fourth-order valence-corrected chi connectivity index (χ4v) is 1.52. The van der Waals surface area contributed by atoms with E-state index in [-0.39, 0.29) is 5.97 Å². The van der Waals surface area contributed by atoms with E-state index in [0.717, 1.165) is 25.1 Å². The van der Waals surface area contributed by atoms with Crippen LogP contribution >= 0.6 is 0 Å². The Balaban J connectivity index is 1.87. The molecule has 0 fully saturated rings. The minimum Gasteiger partial charge on any atom is -0.456 e. The van der Waals surface area contributed by atoms with Crippen LogP contribution < -0.4 is 0 Å². The molecule has 15 heavy (non-hydrogen) atoms. The van der Waals surface area contributed by atoms with Crippen LogP contribution in [0.3, 0.4) is 0 Å². The number of carbonyl (C=O) groups excluding carboxylic acids is 1. The first-order chi connectivity index (χ1) is 7.36. The Morgan fingerprint density at radius 2 is 2.13 bits per heavy atom. The highest BCUT2D eigenvalue weighted by atomic mass is 16.5. The Kier molecular flexibility index (Phi) is 3.12. The van der Waals surface area contributed by atoms with Crippen molar-refractivity contribution >= 4 is 11.7 Å². The van der Waals surface area contributed by atoms with Gasteiger partial charge in [-0.3, -0.25) is 4.99 Å². The van der Waals surface area contributed by atoms with E-state index in [1.54, 1.807) is 12.1 Å². The summed E-state index contributed by atoms with van der Waals surface area (Å²) in [5.74, 6) is -0.273. The second-order valence-electron chi connectivity index (χ2n) is 3.49. The summed E-state index contributed by atoms with van der Waals surface area (Å²) < 4.78 is 5.14. The van der Waals surface area contributed by atoms with Gasteiger partial charge in [0.05, 0.1) is 5.56 Å². The van der Waals surface area contributed by atoms with Crippen LogP contribution in [0, 0.1) is 0 Å². The summed E-state index contributed by atoms with van der Waals surface area (Å²) in [4.78, 5) is 15.8. The lowest BCUT2D eigenvalue weighted by molar-refractivity contribution is 0.0562. The average molecular weight is 203 g/mol. The number of nitrogens with zero attached hydrogens (tertiary/aromatic N) is 1. The van der Waals surface area contributed by atoms with Crippen molar-refractivity contribution in [1.82, 2.24) is 0 Å². The number of rotatable bonds is 3. The standard InChI is InChI=1S/C12H13NO2/c14-12(10-5-2-1-3-6-10)15-9-11-7-4-8-13-11/h1-3,5-6H,4,7-9H2. The molecule has 0 radical (unpaired) electrons. The Labute approximate surface area is 88.8 Å². The van der Waals surface area contributed by atoms with E-state index in [1.165, 1.54) is 0 Å². The molecule has 1 aliphatic heterocycles. The van der Waals surface area contributed by atoms with Gasteiger partial charge in [0.1, 0.15) is 6.61 Å². The van der Waals surface area contributed by atoms with Crippen LogP contribution in [-0.4, -0.2) is 24.8 Å². The Bertz CT molecular complexity index is 370. The fourth-order valence-electron chi connectivity index (χ4n) is 1.52. The molecule has 0 saturated heterocycles. The van der Waals surface area contributed by atoms with Gasteiger partial charge in [0.25, 0.3) is 0 Å². The van der Waals surface area contributed by atoms with E-state index in [2.05, 4.69) is 4.99 Å². The lowest BCUT2D eigenvalue weighted by atomic mass is 10.2. The average Bonchev–Trinajstić information content (AvgIpc) is 2.80.